The van der Waals surface area contributed by atoms with Crippen LogP contribution in [0.5, 0.6) is 17.2 Å². The molecule has 4 rings (SSSR count). The van der Waals surface area contributed by atoms with Gasteiger partial charge < -0.3 is 24.0 Å². The average molecular weight is 567 g/mol. The summed E-state index contributed by atoms with van der Waals surface area (Å²) in [6, 6.07) is 16.0. The zero-order valence-corrected chi connectivity index (χ0v) is 23.7. The maximum Gasteiger partial charge on any atom is 0.254 e. The van der Waals surface area contributed by atoms with Gasteiger partial charge in [-0.15, -0.1) is 0 Å². The van der Waals surface area contributed by atoms with E-state index in [4.69, 9.17) is 14.2 Å². The highest BCUT2D eigenvalue weighted by Gasteiger charge is 2.26. The molecule has 0 aromatic heterocycles. The predicted octanol–water partition coefficient (Wildman–Crippen LogP) is 5.67. The normalized spacial score (nSPS) is 13.3. The van der Waals surface area contributed by atoms with Crippen molar-refractivity contribution in [2.75, 3.05) is 47.5 Å². The van der Waals surface area contributed by atoms with E-state index in [0.717, 1.165) is 24.0 Å². The third-order valence-corrected chi connectivity index (χ3v) is 7.51. The fraction of sp³-hybridized carbons (Fsp3) is 0.375. The molecule has 0 radical (unpaired) electrons. The molecule has 1 heterocycles. The topological polar surface area (TPSA) is 68.3 Å². The number of methoxy groups -OCH3 is 3. The molecule has 1 aliphatic rings. The van der Waals surface area contributed by atoms with E-state index >= 15 is 0 Å². The van der Waals surface area contributed by atoms with Crippen LogP contribution in [-0.2, 0) is 4.79 Å². The largest absolute Gasteiger partial charge is 0.493 e. The molecular formula is C32H36F2N2O5. The number of nitrogens with zero attached hydrogens (tertiary/aromatic N) is 2. The molecule has 0 aliphatic carbocycles. The molecular weight excluding hydrogens is 530 g/mol. The van der Waals surface area contributed by atoms with Crippen LogP contribution in [0.2, 0.25) is 0 Å². The predicted molar refractivity (Wildman–Crippen MR) is 152 cm³/mol. The first-order chi connectivity index (χ1) is 19.8. The Bertz CT molecular complexity index is 1250. The Hall–Kier alpha value is -4.14. The molecule has 1 fully saturated rings. The van der Waals surface area contributed by atoms with Crippen LogP contribution in [0.3, 0.4) is 0 Å². The fourth-order valence-corrected chi connectivity index (χ4v) is 5.24. The van der Waals surface area contributed by atoms with E-state index in [9.17, 15) is 18.4 Å². The van der Waals surface area contributed by atoms with Crippen molar-refractivity contribution in [2.45, 2.75) is 31.6 Å². The van der Waals surface area contributed by atoms with Crippen LogP contribution < -0.4 is 14.2 Å². The highest BCUT2D eigenvalue weighted by atomic mass is 19.1. The second-order valence-corrected chi connectivity index (χ2v) is 9.99. The highest BCUT2D eigenvalue weighted by molar-refractivity contribution is 5.96. The highest BCUT2D eigenvalue weighted by Crippen LogP contribution is 2.38. The Balaban J connectivity index is 1.29. The zero-order valence-electron chi connectivity index (χ0n) is 23.7. The molecule has 41 heavy (non-hydrogen) atoms. The van der Waals surface area contributed by atoms with Crippen LogP contribution >= 0.6 is 0 Å². The van der Waals surface area contributed by atoms with Crippen LogP contribution in [0.4, 0.5) is 8.78 Å². The van der Waals surface area contributed by atoms with Crippen LogP contribution in [0.1, 0.15) is 53.1 Å². The number of amides is 2. The van der Waals surface area contributed by atoms with Gasteiger partial charge in [-0.2, -0.15) is 0 Å². The van der Waals surface area contributed by atoms with Gasteiger partial charge in [-0.1, -0.05) is 30.7 Å². The van der Waals surface area contributed by atoms with Crippen molar-refractivity contribution in [2.24, 2.45) is 0 Å². The molecule has 9 heteroatoms. The van der Waals surface area contributed by atoms with E-state index in [-0.39, 0.29) is 29.4 Å². The molecule has 0 spiro atoms. The molecule has 3 aromatic rings. The van der Waals surface area contributed by atoms with E-state index in [1.807, 2.05) is 0 Å². The van der Waals surface area contributed by atoms with Crippen molar-refractivity contribution in [1.82, 2.24) is 9.80 Å². The summed E-state index contributed by atoms with van der Waals surface area (Å²) in [5.74, 6) is 0.508. The smallest absolute Gasteiger partial charge is 0.254 e. The fourth-order valence-electron chi connectivity index (χ4n) is 5.24. The molecule has 0 N–H and O–H groups in total. The zero-order chi connectivity index (χ0) is 29.4. The number of rotatable bonds is 11. The van der Waals surface area contributed by atoms with Crippen LogP contribution in [0, 0.1) is 11.6 Å². The van der Waals surface area contributed by atoms with Gasteiger partial charge in [0.1, 0.15) is 11.6 Å². The number of halogens is 2. The summed E-state index contributed by atoms with van der Waals surface area (Å²) in [4.78, 5) is 29.6. The summed E-state index contributed by atoms with van der Waals surface area (Å²) in [6.45, 7) is 1.78. The summed E-state index contributed by atoms with van der Waals surface area (Å²) in [7, 11) is 4.51. The standard InChI is InChI=1S/C32H36F2N2O5/c1-39-28-20-24(21-29(40-2)31(28)41-3)32(38)36-18-16-35(17-19-36)30(37)7-5-4-6-27(22-8-12-25(33)13-9-22)23-10-14-26(34)15-11-23/h8-15,20-21,27H,4-7,16-19H2,1-3H3. The Morgan fingerprint density at radius 2 is 1.22 bits per heavy atom. The van der Waals surface area contributed by atoms with Gasteiger partial charge >= 0.3 is 0 Å². The molecule has 218 valence electrons. The first kappa shape index (κ1) is 29.8. The van der Waals surface area contributed by atoms with E-state index < -0.39 is 0 Å². The average Bonchev–Trinajstić information content (AvgIpc) is 3.01. The van der Waals surface area contributed by atoms with Crippen molar-refractivity contribution in [3.63, 3.8) is 0 Å². The van der Waals surface area contributed by atoms with Gasteiger partial charge in [0.2, 0.25) is 11.7 Å². The Morgan fingerprint density at radius 3 is 1.68 bits per heavy atom. The minimum absolute atomic E-state index is 0.0175. The molecule has 2 amide bonds. The summed E-state index contributed by atoms with van der Waals surface area (Å²) >= 11 is 0. The number of ether oxygens (including phenoxy) is 3. The van der Waals surface area contributed by atoms with Gasteiger partial charge in [0.15, 0.2) is 11.5 Å². The SMILES string of the molecule is COc1cc(C(=O)N2CCN(C(=O)CCCCC(c3ccc(F)cc3)c3ccc(F)cc3)CC2)cc(OC)c1OC. The first-order valence-electron chi connectivity index (χ1n) is 13.7. The summed E-state index contributed by atoms with van der Waals surface area (Å²) in [5.41, 5.74) is 2.34. The maximum atomic E-state index is 13.5. The summed E-state index contributed by atoms with van der Waals surface area (Å²) < 4.78 is 43.1. The first-order valence-corrected chi connectivity index (χ1v) is 13.7. The molecule has 0 atom stereocenters. The third kappa shape index (κ3) is 7.34. The van der Waals surface area contributed by atoms with Crippen LogP contribution in [0.25, 0.3) is 0 Å². The molecule has 1 aliphatic heterocycles. The second kappa shape index (κ2) is 14.0. The number of hydrogen-bond acceptors (Lipinski definition) is 5. The van der Waals surface area contributed by atoms with Gasteiger partial charge in [0, 0.05) is 44.1 Å². The lowest BCUT2D eigenvalue weighted by Crippen LogP contribution is -2.50. The van der Waals surface area contributed by atoms with Crippen molar-refractivity contribution in [3.8, 4) is 17.2 Å². The van der Waals surface area contributed by atoms with E-state index in [2.05, 4.69) is 0 Å². The lowest BCUT2D eigenvalue weighted by molar-refractivity contribution is -0.132. The molecule has 3 aromatic carbocycles. The quantitative estimate of drug-likeness (QED) is 0.280. The summed E-state index contributed by atoms with van der Waals surface area (Å²) in [6.07, 6.45) is 2.63. The number of piperazine rings is 1. The van der Waals surface area contributed by atoms with Crippen LogP contribution in [0.15, 0.2) is 60.7 Å². The van der Waals surface area contributed by atoms with Crippen LogP contribution in [-0.4, -0.2) is 69.1 Å². The van der Waals surface area contributed by atoms with Gasteiger partial charge in [-0.05, 0) is 60.4 Å². The van der Waals surface area contributed by atoms with E-state index in [1.165, 1.54) is 45.6 Å². The summed E-state index contributed by atoms with van der Waals surface area (Å²) in [5, 5.41) is 0. The maximum absolute atomic E-state index is 13.5. The minimum Gasteiger partial charge on any atom is -0.493 e. The van der Waals surface area contributed by atoms with Crippen molar-refractivity contribution >= 4 is 11.8 Å². The van der Waals surface area contributed by atoms with Gasteiger partial charge in [-0.25, -0.2) is 8.78 Å². The van der Waals surface area contributed by atoms with E-state index in [1.54, 1.807) is 46.2 Å². The van der Waals surface area contributed by atoms with Gasteiger partial charge in [0.05, 0.1) is 21.3 Å². The Labute approximate surface area is 239 Å². The van der Waals surface area contributed by atoms with Crippen molar-refractivity contribution in [3.05, 3.63) is 89.0 Å². The number of unbranched alkanes of at least 4 members (excludes halogenated alkanes) is 1. The molecule has 7 nitrogen and oxygen atoms in total. The van der Waals surface area contributed by atoms with E-state index in [0.29, 0.717) is 61.8 Å². The monoisotopic (exact) mass is 566 g/mol. The number of carbonyl (C=O) groups is 2. The van der Waals surface area contributed by atoms with Gasteiger partial charge in [0.25, 0.3) is 5.91 Å². The second-order valence-electron chi connectivity index (χ2n) is 9.99. The third-order valence-electron chi connectivity index (χ3n) is 7.51. The molecule has 0 unspecified atom stereocenters. The number of hydrogen-bond donors (Lipinski definition) is 0. The lowest BCUT2D eigenvalue weighted by atomic mass is 9.87. The molecule has 0 bridgehead atoms. The number of benzene rings is 3. The van der Waals surface area contributed by atoms with Crippen molar-refractivity contribution in [1.29, 1.82) is 0 Å². The lowest BCUT2D eigenvalue weighted by Gasteiger charge is -2.35. The Morgan fingerprint density at radius 1 is 0.732 bits per heavy atom. The van der Waals surface area contributed by atoms with Crippen molar-refractivity contribution < 1.29 is 32.6 Å². The molecule has 1 saturated heterocycles. The number of carbonyl (C=O) groups excluding carboxylic acids is 2. The van der Waals surface area contributed by atoms with Gasteiger partial charge in [-0.3, -0.25) is 9.59 Å². The molecule has 0 saturated carbocycles. The Kier molecular flexibility index (Phi) is 10.2. The minimum atomic E-state index is -0.303.